The lowest BCUT2D eigenvalue weighted by molar-refractivity contribution is -0.139. The summed E-state index contributed by atoms with van der Waals surface area (Å²) < 4.78 is 0. The van der Waals surface area contributed by atoms with Gasteiger partial charge in [-0.2, -0.15) is 0 Å². The van der Waals surface area contributed by atoms with Gasteiger partial charge in [0.1, 0.15) is 0 Å². The first-order valence-corrected chi connectivity index (χ1v) is 5.07. The monoisotopic (exact) mass is 161 g/mol. The molecule has 0 bridgehead atoms. The van der Waals surface area contributed by atoms with Crippen molar-refractivity contribution in [1.29, 1.82) is 0 Å². The summed E-state index contributed by atoms with van der Waals surface area (Å²) in [6.07, 6.45) is 0.783. The van der Waals surface area contributed by atoms with Crippen LogP contribution in [0.3, 0.4) is 0 Å². The van der Waals surface area contributed by atoms with Gasteiger partial charge in [0.05, 0.1) is 17.7 Å². The van der Waals surface area contributed by atoms with Crippen LogP contribution < -0.4 is 0 Å². The van der Waals surface area contributed by atoms with E-state index in [2.05, 4.69) is 0 Å². The van der Waals surface area contributed by atoms with Crippen molar-refractivity contribution in [2.45, 2.75) is 11.8 Å². The van der Waals surface area contributed by atoms with Gasteiger partial charge in [-0.3, -0.25) is 4.79 Å². The standard InChI is InChI=1S/C5H7NOS2/c7-4-1-5-6(4)2-8-3-9-5/h5H,1-3H2/t5-/m1/s1. The highest BCUT2D eigenvalue weighted by Crippen LogP contribution is 2.37. The first-order chi connectivity index (χ1) is 4.38. The molecule has 2 fully saturated rings. The van der Waals surface area contributed by atoms with Crippen molar-refractivity contribution in [2.75, 3.05) is 11.0 Å². The molecule has 2 rings (SSSR count). The van der Waals surface area contributed by atoms with E-state index in [1.165, 1.54) is 0 Å². The van der Waals surface area contributed by atoms with Crippen molar-refractivity contribution < 1.29 is 4.79 Å². The van der Waals surface area contributed by atoms with Gasteiger partial charge in [0.15, 0.2) is 0 Å². The average molecular weight is 161 g/mol. The second kappa shape index (κ2) is 2.09. The SMILES string of the molecule is O=C1C[C@H]2SCSCN12. The van der Waals surface area contributed by atoms with Crippen LogP contribution in [0.15, 0.2) is 0 Å². The van der Waals surface area contributed by atoms with Crippen molar-refractivity contribution in [3.8, 4) is 0 Å². The number of hydrogen-bond acceptors (Lipinski definition) is 3. The van der Waals surface area contributed by atoms with E-state index in [0.29, 0.717) is 11.3 Å². The first-order valence-electron chi connectivity index (χ1n) is 2.87. The van der Waals surface area contributed by atoms with Crippen LogP contribution in [0.1, 0.15) is 6.42 Å². The maximum Gasteiger partial charge on any atom is 0.227 e. The molecule has 2 nitrogen and oxygen atoms in total. The van der Waals surface area contributed by atoms with Gasteiger partial charge in [-0.15, -0.1) is 23.5 Å². The number of amides is 1. The lowest BCUT2D eigenvalue weighted by atomic mass is 10.2. The highest BCUT2D eigenvalue weighted by Gasteiger charge is 2.38. The molecule has 4 heteroatoms. The molecule has 0 N–H and O–H groups in total. The van der Waals surface area contributed by atoms with Crippen LogP contribution in [-0.4, -0.2) is 27.1 Å². The minimum atomic E-state index is 0.333. The molecule has 2 aliphatic rings. The summed E-state index contributed by atoms with van der Waals surface area (Å²) in [5, 5.41) is 1.70. The van der Waals surface area contributed by atoms with Crippen LogP contribution in [0, 0.1) is 0 Å². The molecule has 2 heterocycles. The Balaban J connectivity index is 2.01. The molecule has 50 valence electrons. The molecule has 0 spiro atoms. The van der Waals surface area contributed by atoms with Crippen LogP contribution in [0.2, 0.25) is 0 Å². The van der Waals surface area contributed by atoms with Crippen molar-refractivity contribution in [3.63, 3.8) is 0 Å². The molecule has 0 saturated carbocycles. The highest BCUT2D eigenvalue weighted by molar-refractivity contribution is 8.16. The van der Waals surface area contributed by atoms with E-state index in [1.54, 1.807) is 0 Å². The van der Waals surface area contributed by atoms with Crippen LogP contribution >= 0.6 is 23.5 Å². The van der Waals surface area contributed by atoms with E-state index in [1.807, 2.05) is 28.4 Å². The van der Waals surface area contributed by atoms with E-state index in [9.17, 15) is 4.79 Å². The van der Waals surface area contributed by atoms with Gasteiger partial charge in [0.2, 0.25) is 5.91 Å². The summed E-state index contributed by atoms with van der Waals surface area (Å²) in [5.41, 5.74) is 0. The summed E-state index contributed by atoms with van der Waals surface area (Å²) in [7, 11) is 0. The molecule has 2 saturated heterocycles. The average Bonchev–Trinajstić information content (AvgIpc) is 1.86. The van der Waals surface area contributed by atoms with E-state index in [0.717, 1.165) is 17.4 Å². The Morgan fingerprint density at radius 3 is 3.11 bits per heavy atom. The molecule has 0 radical (unpaired) electrons. The number of fused-ring (bicyclic) bond motifs is 1. The maximum atomic E-state index is 10.8. The third-order valence-corrected chi connectivity index (χ3v) is 4.07. The van der Waals surface area contributed by atoms with Crippen molar-refractivity contribution in [1.82, 2.24) is 4.90 Å². The summed E-state index contributed by atoms with van der Waals surface area (Å²) in [6.45, 7) is 0. The maximum absolute atomic E-state index is 10.8. The molecular weight excluding hydrogens is 154 g/mol. The molecule has 0 aromatic rings. The Morgan fingerprint density at radius 1 is 1.67 bits per heavy atom. The van der Waals surface area contributed by atoms with Gasteiger partial charge in [-0.1, -0.05) is 0 Å². The fraction of sp³-hybridized carbons (Fsp3) is 0.800. The number of nitrogens with zero attached hydrogens (tertiary/aromatic N) is 1. The Labute approximate surface area is 62.4 Å². The van der Waals surface area contributed by atoms with Gasteiger partial charge >= 0.3 is 0 Å². The largest absolute Gasteiger partial charge is 0.321 e. The zero-order valence-electron chi connectivity index (χ0n) is 4.87. The quantitative estimate of drug-likeness (QED) is 0.493. The second-order valence-electron chi connectivity index (χ2n) is 2.14. The molecule has 9 heavy (non-hydrogen) atoms. The summed E-state index contributed by atoms with van der Waals surface area (Å²) >= 11 is 3.71. The van der Waals surface area contributed by atoms with Crippen molar-refractivity contribution in [2.24, 2.45) is 0 Å². The van der Waals surface area contributed by atoms with Gasteiger partial charge in [0, 0.05) is 5.08 Å². The van der Waals surface area contributed by atoms with Crippen LogP contribution in [0.25, 0.3) is 0 Å². The third-order valence-electron chi connectivity index (χ3n) is 1.59. The Bertz CT molecular complexity index is 150. The number of carbonyl (C=O) groups is 1. The summed E-state index contributed by atoms with van der Waals surface area (Å²) in [4.78, 5) is 12.7. The number of thioether (sulfide) groups is 2. The van der Waals surface area contributed by atoms with Gasteiger partial charge in [-0.25, -0.2) is 0 Å². The van der Waals surface area contributed by atoms with Crippen molar-refractivity contribution >= 4 is 29.4 Å². The van der Waals surface area contributed by atoms with E-state index < -0.39 is 0 Å². The predicted molar refractivity (Wildman–Crippen MR) is 40.2 cm³/mol. The third kappa shape index (κ3) is 0.846. The minimum absolute atomic E-state index is 0.333. The molecule has 0 aromatic heterocycles. The molecule has 0 unspecified atom stereocenters. The summed E-state index contributed by atoms with van der Waals surface area (Å²) in [6, 6.07) is 0. The summed E-state index contributed by atoms with van der Waals surface area (Å²) in [5.74, 6) is 1.26. The van der Waals surface area contributed by atoms with E-state index in [4.69, 9.17) is 0 Å². The smallest absolute Gasteiger partial charge is 0.227 e. The minimum Gasteiger partial charge on any atom is -0.321 e. The first kappa shape index (κ1) is 5.92. The second-order valence-corrected chi connectivity index (χ2v) is 4.63. The zero-order valence-corrected chi connectivity index (χ0v) is 6.50. The molecule has 1 amide bonds. The highest BCUT2D eigenvalue weighted by atomic mass is 32.2. The predicted octanol–water partition coefficient (Wildman–Crippen LogP) is 0.940. The van der Waals surface area contributed by atoms with Gasteiger partial charge in [0.25, 0.3) is 0 Å². The number of rotatable bonds is 0. The topological polar surface area (TPSA) is 20.3 Å². The molecule has 2 aliphatic heterocycles. The molecule has 0 aliphatic carbocycles. The number of carbonyl (C=O) groups excluding carboxylic acids is 1. The Morgan fingerprint density at radius 2 is 2.56 bits per heavy atom. The van der Waals surface area contributed by atoms with Crippen molar-refractivity contribution in [3.05, 3.63) is 0 Å². The molecular formula is C5H7NOS2. The Hall–Kier alpha value is 0.170. The van der Waals surface area contributed by atoms with Gasteiger partial charge in [-0.05, 0) is 0 Å². The van der Waals surface area contributed by atoms with E-state index in [-0.39, 0.29) is 0 Å². The fourth-order valence-corrected chi connectivity index (χ4v) is 3.55. The number of β-lactam (4-membered cyclic amide) rings is 1. The fourth-order valence-electron chi connectivity index (χ4n) is 0.991. The number of hydrogen-bond donors (Lipinski definition) is 0. The zero-order chi connectivity index (χ0) is 6.27. The molecule has 0 aromatic carbocycles. The normalized spacial score (nSPS) is 33.6. The molecule has 1 atom stereocenters. The lowest BCUT2D eigenvalue weighted by Crippen LogP contribution is -2.51. The van der Waals surface area contributed by atoms with Crippen LogP contribution in [0.5, 0.6) is 0 Å². The Kier molecular flexibility index (Phi) is 1.38. The van der Waals surface area contributed by atoms with Crippen LogP contribution in [0.4, 0.5) is 0 Å². The van der Waals surface area contributed by atoms with Crippen LogP contribution in [-0.2, 0) is 4.79 Å². The van der Waals surface area contributed by atoms with Gasteiger partial charge < -0.3 is 4.90 Å². The van der Waals surface area contributed by atoms with E-state index >= 15 is 0 Å². The lowest BCUT2D eigenvalue weighted by Gasteiger charge is -2.42.